The van der Waals surface area contributed by atoms with Crippen LogP contribution >= 0.6 is 0 Å². The van der Waals surface area contributed by atoms with E-state index in [1.807, 2.05) is 0 Å². The van der Waals surface area contributed by atoms with Gasteiger partial charge < -0.3 is 5.73 Å². The second kappa shape index (κ2) is 2.75. The van der Waals surface area contributed by atoms with E-state index < -0.39 is 0 Å². The largest absolute Gasteiger partial charge is 0.343 e. The molecule has 0 aromatic carbocycles. The van der Waals surface area contributed by atoms with E-state index >= 15 is 0 Å². The molecule has 0 saturated carbocycles. The fourth-order valence-electron chi connectivity index (χ4n) is 1.59. The molecule has 3 N–H and O–H groups in total. The van der Waals surface area contributed by atoms with Gasteiger partial charge in [-0.2, -0.15) is 5.10 Å². The number of nitrogens with one attached hydrogen (secondary N) is 1. The lowest BCUT2D eigenvalue weighted by Crippen LogP contribution is -2.21. The SMILES string of the molecule is NC1CCCCn2c1n[nH]c2=O. The fraction of sp³-hybridized carbons (Fsp3) is 0.714. The van der Waals surface area contributed by atoms with Crippen LogP contribution in [0.25, 0.3) is 0 Å². The first kappa shape index (κ1) is 7.54. The Balaban J connectivity index is 2.47. The highest BCUT2D eigenvalue weighted by molar-refractivity contribution is 4.95. The van der Waals surface area contributed by atoms with Crippen molar-refractivity contribution in [2.24, 2.45) is 5.73 Å². The summed E-state index contributed by atoms with van der Waals surface area (Å²) in [4.78, 5) is 11.2. The Morgan fingerprint density at radius 1 is 1.58 bits per heavy atom. The van der Waals surface area contributed by atoms with Gasteiger partial charge in [-0.1, -0.05) is 0 Å². The summed E-state index contributed by atoms with van der Waals surface area (Å²) in [6.07, 6.45) is 3.01. The summed E-state index contributed by atoms with van der Waals surface area (Å²) >= 11 is 0. The van der Waals surface area contributed by atoms with Crippen LogP contribution in [0.2, 0.25) is 0 Å². The lowest BCUT2D eigenvalue weighted by molar-refractivity contribution is 0.599. The zero-order valence-electron chi connectivity index (χ0n) is 6.79. The molecule has 0 amide bonds. The fourth-order valence-corrected chi connectivity index (χ4v) is 1.59. The molecule has 0 fully saturated rings. The lowest BCUT2D eigenvalue weighted by atomic mass is 10.1. The third-order valence-electron chi connectivity index (χ3n) is 2.27. The summed E-state index contributed by atoms with van der Waals surface area (Å²) in [5, 5.41) is 6.31. The highest BCUT2D eigenvalue weighted by Gasteiger charge is 2.18. The number of aromatic amines is 1. The van der Waals surface area contributed by atoms with Crippen molar-refractivity contribution in [2.45, 2.75) is 31.8 Å². The number of nitrogens with zero attached hydrogens (tertiary/aromatic N) is 2. The van der Waals surface area contributed by atoms with Gasteiger partial charge in [-0.15, -0.1) is 0 Å². The van der Waals surface area contributed by atoms with Gasteiger partial charge >= 0.3 is 5.69 Å². The highest BCUT2D eigenvalue weighted by atomic mass is 16.1. The van der Waals surface area contributed by atoms with Gasteiger partial charge in [0.05, 0.1) is 6.04 Å². The van der Waals surface area contributed by atoms with Crippen LogP contribution in [0.15, 0.2) is 4.79 Å². The Morgan fingerprint density at radius 2 is 2.42 bits per heavy atom. The molecule has 0 bridgehead atoms. The van der Waals surface area contributed by atoms with Gasteiger partial charge in [0, 0.05) is 6.54 Å². The number of fused-ring (bicyclic) bond motifs is 1. The van der Waals surface area contributed by atoms with Crippen molar-refractivity contribution in [1.82, 2.24) is 14.8 Å². The average molecular weight is 168 g/mol. The molecule has 5 heteroatoms. The van der Waals surface area contributed by atoms with Crippen molar-refractivity contribution in [3.05, 3.63) is 16.3 Å². The van der Waals surface area contributed by atoms with Crippen LogP contribution in [0.4, 0.5) is 0 Å². The highest BCUT2D eigenvalue weighted by Crippen LogP contribution is 2.17. The first-order valence-electron chi connectivity index (χ1n) is 4.20. The number of hydrogen-bond acceptors (Lipinski definition) is 3. The number of hydrogen-bond donors (Lipinski definition) is 2. The quantitative estimate of drug-likeness (QED) is 0.561. The molecule has 5 nitrogen and oxygen atoms in total. The number of aromatic nitrogens is 3. The topological polar surface area (TPSA) is 76.7 Å². The summed E-state index contributed by atoms with van der Waals surface area (Å²) in [7, 11) is 0. The van der Waals surface area contributed by atoms with E-state index in [2.05, 4.69) is 10.2 Å². The van der Waals surface area contributed by atoms with Crippen LogP contribution in [0.3, 0.4) is 0 Å². The van der Waals surface area contributed by atoms with Gasteiger partial charge in [-0.3, -0.25) is 4.57 Å². The van der Waals surface area contributed by atoms with Crippen molar-refractivity contribution in [3.63, 3.8) is 0 Å². The van der Waals surface area contributed by atoms with Crippen LogP contribution in [0.1, 0.15) is 31.1 Å². The van der Waals surface area contributed by atoms with E-state index in [1.54, 1.807) is 4.57 Å². The summed E-state index contributed by atoms with van der Waals surface area (Å²) in [5.74, 6) is 0.706. The van der Waals surface area contributed by atoms with Crippen molar-refractivity contribution < 1.29 is 0 Å². The van der Waals surface area contributed by atoms with Gasteiger partial charge in [0.25, 0.3) is 0 Å². The predicted octanol–water partition coefficient (Wildman–Crippen LogP) is -0.245. The van der Waals surface area contributed by atoms with Gasteiger partial charge in [0.1, 0.15) is 5.82 Å². The molecule has 2 rings (SSSR count). The molecule has 0 saturated heterocycles. The van der Waals surface area contributed by atoms with Gasteiger partial charge in [-0.25, -0.2) is 9.89 Å². The zero-order chi connectivity index (χ0) is 8.55. The van der Waals surface area contributed by atoms with Crippen LogP contribution in [0, 0.1) is 0 Å². The Morgan fingerprint density at radius 3 is 3.25 bits per heavy atom. The Hall–Kier alpha value is -1.10. The summed E-state index contributed by atoms with van der Waals surface area (Å²) in [6.45, 7) is 0.748. The first-order valence-corrected chi connectivity index (χ1v) is 4.20. The molecule has 0 spiro atoms. The molecule has 0 aliphatic carbocycles. The Kier molecular flexibility index (Phi) is 1.73. The van der Waals surface area contributed by atoms with E-state index in [9.17, 15) is 4.79 Å². The summed E-state index contributed by atoms with van der Waals surface area (Å²) in [5.41, 5.74) is 5.68. The van der Waals surface area contributed by atoms with E-state index in [0.717, 1.165) is 25.8 Å². The summed E-state index contributed by atoms with van der Waals surface area (Å²) < 4.78 is 1.64. The van der Waals surface area contributed by atoms with Crippen molar-refractivity contribution in [2.75, 3.05) is 0 Å². The third-order valence-corrected chi connectivity index (χ3v) is 2.27. The molecule has 1 aliphatic heterocycles. The number of rotatable bonds is 0. The minimum absolute atomic E-state index is 0.0774. The first-order chi connectivity index (χ1) is 5.79. The van der Waals surface area contributed by atoms with Crippen LogP contribution in [-0.4, -0.2) is 14.8 Å². The smallest absolute Gasteiger partial charge is 0.321 e. The normalized spacial score (nSPS) is 23.2. The molecule has 0 radical (unpaired) electrons. The molecule has 1 aromatic rings. The molecule has 1 unspecified atom stereocenters. The molecule has 1 aliphatic rings. The maximum absolute atomic E-state index is 11.2. The number of H-pyrrole nitrogens is 1. The van der Waals surface area contributed by atoms with E-state index in [4.69, 9.17) is 5.73 Å². The second-order valence-corrected chi connectivity index (χ2v) is 3.14. The molecular formula is C7H12N4O. The van der Waals surface area contributed by atoms with E-state index in [-0.39, 0.29) is 11.7 Å². The van der Waals surface area contributed by atoms with Crippen LogP contribution in [0.5, 0.6) is 0 Å². The van der Waals surface area contributed by atoms with Gasteiger partial charge in [0.15, 0.2) is 0 Å². The van der Waals surface area contributed by atoms with Crippen molar-refractivity contribution in [3.8, 4) is 0 Å². The van der Waals surface area contributed by atoms with Crippen LogP contribution in [-0.2, 0) is 6.54 Å². The van der Waals surface area contributed by atoms with Gasteiger partial charge in [-0.05, 0) is 19.3 Å². The monoisotopic (exact) mass is 168 g/mol. The van der Waals surface area contributed by atoms with Crippen molar-refractivity contribution in [1.29, 1.82) is 0 Å². The minimum atomic E-state index is -0.137. The van der Waals surface area contributed by atoms with E-state index in [0.29, 0.717) is 5.82 Å². The minimum Gasteiger partial charge on any atom is -0.321 e. The van der Waals surface area contributed by atoms with Gasteiger partial charge in [0.2, 0.25) is 0 Å². The number of nitrogens with two attached hydrogens (primary N) is 1. The Bertz CT molecular complexity index is 326. The van der Waals surface area contributed by atoms with E-state index in [1.165, 1.54) is 0 Å². The lowest BCUT2D eigenvalue weighted by Gasteiger charge is -2.04. The molecule has 2 heterocycles. The summed E-state index contributed by atoms with van der Waals surface area (Å²) in [6, 6.07) is -0.0774. The van der Waals surface area contributed by atoms with Crippen LogP contribution < -0.4 is 11.4 Å². The third kappa shape index (κ3) is 1.06. The maximum atomic E-state index is 11.2. The molecule has 66 valence electrons. The predicted molar refractivity (Wildman–Crippen MR) is 43.6 cm³/mol. The zero-order valence-corrected chi connectivity index (χ0v) is 6.79. The molecule has 12 heavy (non-hydrogen) atoms. The Labute approximate surface area is 69.6 Å². The molecule has 1 atom stereocenters. The standard InChI is InChI=1S/C7H12N4O/c8-5-3-1-2-4-11-6(5)9-10-7(11)12/h5H,1-4,8H2,(H,10,12). The molecular weight excluding hydrogens is 156 g/mol. The van der Waals surface area contributed by atoms with Crippen molar-refractivity contribution >= 4 is 0 Å². The second-order valence-electron chi connectivity index (χ2n) is 3.14. The maximum Gasteiger partial charge on any atom is 0.343 e. The molecule has 1 aromatic heterocycles. The average Bonchev–Trinajstić information content (AvgIpc) is 2.30.